The summed E-state index contributed by atoms with van der Waals surface area (Å²) in [5, 5.41) is 14.1. The summed E-state index contributed by atoms with van der Waals surface area (Å²) in [6.07, 6.45) is 3.20. The molecule has 1 aliphatic rings. The number of thiophene rings is 1. The van der Waals surface area contributed by atoms with E-state index in [4.69, 9.17) is 0 Å². The lowest BCUT2D eigenvalue weighted by Crippen LogP contribution is -2.32. The van der Waals surface area contributed by atoms with Gasteiger partial charge in [-0.3, -0.25) is 4.79 Å². The van der Waals surface area contributed by atoms with E-state index in [1.807, 2.05) is 6.07 Å². The topological polar surface area (TPSA) is 93.5 Å². The quantitative estimate of drug-likeness (QED) is 0.805. The SMILES string of the molecule is CN(C)S(=O)(=O)c1ccc(N2CCCCC2)c(C(=O)Nc2sccc2C#N)c1. The van der Waals surface area contributed by atoms with Gasteiger partial charge < -0.3 is 10.2 Å². The second-order valence-corrected chi connectivity index (χ2v) is 9.81. The maximum atomic E-state index is 13.0. The third-order valence-electron chi connectivity index (χ3n) is 4.70. The number of nitriles is 1. The average molecular weight is 419 g/mol. The molecule has 9 heteroatoms. The Labute approximate surface area is 169 Å². The van der Waals surface area contributed by atoms with Gasteiger partial charge in [0.05, 0.1) is 16.0 Å². The first-order valence-corrected chi connectivity index (χ1v) is 11.3. The third-order valence-corrected chi connectivity index (χ3v) is 7.34. The lowest BCUT2D eigenvalue weighted by molar-refractivity contribution is 0.102. The molecule has 148 valence electrons. The molecular formula is C19H22N4O3S2. The number of nitrogens with zero attached hydrogens (tertiary/aromatic N) is 3. The van der Waals surface area contributed by atoms with Gasteiger partial charge in [-0.1, -0.05) is 0 Å². The van der Waals surface area contributed by atoms with Crippen molar-refractivity contribution in [3.63, 3.8) is 0 Å². The zero-order valence-electron chi connectivity index (χ0n) is 15.8. The van der Waals surface area contributed by atoms with Crippen LogP contribution in [0.4, 0.5) is 10.7 Å². The first-order valence-electron chi connectivity index (χ1n) is 8.95. The van der Waals surface area contributed by atoms with Crippen LogP contribution in [0.25, 0.3) is 0 Å². The molecular weight excluding hydrogens is 396 g/mol. The van der Waals surface area contributed by atoms with E-state index in [1.54, 1.807) is 23.6 Å². The first-order chi connectivity index (χ1) is 13.3. The highest BCUT2D eigenvalue weighted by atomic mass is 32.2. The zero-order valence-corrected chi connectivity index (χ0v) is 17.4. The highest BCUT2D eigenvalue weighted by Gasteiger charge is 2.24. The predicted molar refractivity (Wildman–Crippen MR) is 110 cm³/mol. The van der Waals surface area contributed by atoms with Gasteiger partial charge in [0, 0.05) is 32.9 Å². The van der Waals surface area contributed by atoms with Crippen LogP contribution in [0.5, 0.6) is 0 Å². The van der Waals surface area contributed by atoms with E-state index in [0.717, 1.165) is 36.7 Å². The van der Waals surface area contributed by atoms with Gasteiger partial charge in [-0.15, -0.1) is 11.3 Å². The Morgan fingerprint density at radius 1 is 1.21 bits per heavy atom. The van der Waals surface area contributed by atoms with Gasteiger partial charge in [-0.05, 0) is 48.9 Å². The number of anilines is 2. The van der Waals surface area contributed by atoms with Gasteiger partial charge in [0.1, 0.15) is 11.1 Å². The zero-order chi connectivity index (χ0) is 20.3. The summed E-state index contributed by atoms with van der Waals surface area (Å²) in [6.45, 7) is 1.64. The van der Waals surface area contributed by atoms with Crippen LogP contribution < -0.4 is 10.2 Å². The molecule has 2 heterocycles. The maximum Gasteiger partial charge on any atom is 0.258 e. The molecule has 1 aromatic carbocycles. The minimum atomic E-state index is -3.67. The molecule has 1 aromatic heterocycles. The number of nitrogens with one attached hydrogen (secondary N) is 1. The fraction of sp³-hybridized carbons (Fsp3) is 0.368. The Morgan fingerprint density at radius 3 is 2.57 bits per heavy atom. The summed E-state index contributed by atoms with van der Waals surface area (Å²) in [4.78, 5) is 15.2. The highest BCUT2D eigenvalue weighted by Crippen LogP contribution is 2.30. The smallest absolute Gasteiger partial charge is 0.258 e. The molecule has 0 atom stereocenters. The Bertz CT molecular complexity index is 1020. The van der Waals surface area contributed by atoms with E-state index in [0.29, 0.717) is 21.8 Å². The molecule has 7 nitrogen and oxygen atoms in total. The molecule has 28 heavy (non-hydrogen) atoms. The Kier molecular flexibility index (Phi) is 6.03. The summed E-state index contributed by atoms with van der Waals surface area (Å²) in [5.74, 6) is -0.421. The average Bonchev–Trinajstić information content (AvgIpc) is 3.15. The standard InChI is InChI=1S/C19H22N4O3S2/c1-22(2)28(25,26)15-6-7-17(23-9-4-3-5-10-23)16(12-15)18(24)21-19-14(13-20)8-11-27-19/h6-8,11-12H,3-5,9-10H2,1-2H3,(H,21,24). The highest BCUT2D eigenvalue weighted by molar-refractivity contribution is 7.89. The fourth-order valence-electron chi connectivity index (χ4n) is 3.14. The molecule has 1 N–H and O–H groups in total. The van der Waals surface area contributed by atoms with Gasteiger partial charge in [0.15, 0.2) is 0 Å². The van der Waals surface area contributed by atoms with Crippen molar-refractivity contribution in [1.82, 2.24) is 4.31 Å². The number of amides is 1. The van der Waals surface area contributed by atoms with Crippen LogP contribution in [-0.4, -0.2) is 45.8 Å². The molecule has 3 rings (SSSR count). The normalized spacial score (nSPS) is 14.7. The number of hydrogen-bond donors (Lipinski definition) is 1. The molecule has 1 saturated heterocycles. The molecule has 2 aromatic rings. The number of piperidine rings is 1. The van der Waals surface area contributed by atoms with Gasteiger partial charge in [0.2, 0.25) is 10.0 Å². The molecule has 1 fully saturated rings. The van der Waals surface area contributed by atoms with Crippen molar-refractivity contribution in [3.05, 3.63) is 40.8 Å². The number of sulfonamides is 1. The lowest BCUT2D eigenvalue weighted by Gasteiger charge is -2.30. The minimum absolute atomic E-state index is 0.0649. The number of carbonyl (C=O) groups excluding carboxylic acids is 1. The van der Waals surface area contributed by atoms with Crippen molar-refractivity contribution in [1.29, 1.82) is 5.26 Å². The maximum absolute atomic E-state index is 13.0. The van der Waals surface area contributed by atoms with Crippen molar-refractivity contribution >= 4 is 38.0 Å². The van der Waals surface area contributed by atoms with Gasteiger partial charge in [-0.25, -0.2) is 12.7 Å². The van der Waals surface area contributed by atoms with Crippen LogP contribution >= 0.6 is 11.3 Å². The van der Waals surface area contributed by atoms with Crippen LogP contribution in [0.1, 0.15) is 35.2 Å². The Balaban J connectivity index is 2.04. The second-order valence-electron chi connectivity index (χ2n) is 6.74. The van der Waals surface area contributed by atoms with Crippen LogP contribution in [0.2, 0.25) is 0 Å². The summed E-state index contributed by atoms with van der Waals surface area (Å²) >= 11 is 1.26. The Hall–Kier alpha value is -2.41. The minimum Gasteiger partial charge on any atom is -0.371 e. The van der Waals surface area contributed by atoms with E-state index in [1.165, 1.54) is 31.5 Å². The number of benzene rings is 1. The molecule has 0 saturated carbocycles. The van der Waals surface area contributed by atoms with E-state index in [2.05, 4.69) is 10.2 Å². The number of rotatable bonds is 5. The van der Waals surface area contributed by atoms with Crippen LogP contribution in [0, 0.1) is 11.3 Å². The monoisotopic (exact) mass is 418 g/mol. The largest absolute Gasteiger partial charge is 0.371 e. The molecule has 1 aliphatic heterocycles. The molecule has 1 amide bonds. The molecule has 0 unspecified atom stereocenters. The number of carbonyl (C=O) groups is 1. The fourth-order valence-corrected chi connectivity index (χ4v) is 4.80. The first kappa shape index (κ1) is 20.3. The van der Waals surface area contributed by atoms with Crippen molar-refractivity contribution in [2.24, 2.45) is 0 Å². The van der Waals surface area contributed by atoms with Crippen molar-refractivity contribution in [3.8, 4) is 6.07 Å². The summed E-state index contributed by atoms with van der Waals surface area (Å²) < 4.78 is 26.2. The predicted octanol–water partition coefficient (Wildman–Crippen LogP) is 3.11. The van der Waals surface area contributed by atoms with E-state index < -0.39 is 15.9 Å². The van der Waals surface area contributed by atoms with E-state index in [9.17, 15) is 18.5 Å². The van der Waals surface area contributed by atoms with Crippen molar-refractivity contribution < 1.29 is 13.2 Å². The second kappa shape index (κ2) is 8.31. The molecule has 0 spiro atoms. The van der Waals surface area contributed by atoms with Gasteiger partial charge >= 0.3 is 0 Å². The van der Waals surface area contributed by atoms with E-state index in [-0.39, 0.29) is 4.90 Å². The van der Waals surface area contributed by atoms with Gasteiger partial charge in [0.25, 0.3) is 5.91 Å². The molecule has 0 aliphatic carbocycles. The molecule has 0 bridgehead atoms. The molecule has 0 radical (unpaired) electrons. The number of hydrogen-bond acceptors (Lipinski definition) is 6. The lowest BCUT2D eigenvalue weighted by atomic mass is 10.1. The Morgan fingerprint density at radius 2 is 1.93 bits per heavy atom. The van der Waals surface area contributed by atoms with Crippen LogP contribution in [-0.2, 0) is 10.0 Å². The van der Waals surface area contributed by atoms with E-state index >= 15 is 0 Å². The summed E-state index contributed by atoms with van der Waals surface area (Å²) in [6, 6.07) is 8.35. The van der Waals surface area contributed by atoms with Crippen molar-refractivity contribution in [2.75, 3.05) is 37.4 Å². The van der Waals surface area contributed by atoms with Crippen LogP contribution in [0.15, 0.2) is 34.5 Å². The van der Waals surface area contributed by atoms with Gasteiger partial charge in [-0.2, -0.15) is 5.26 Å². The van der Waals surface area contributed by atoms with Crippen molar-refractivity contribution in [2.45, 2.75) is 24.2 Å². The van der Waals surface area contributed by atoms with Crippen LogP contribution in [0.3, 0.4) is 0 Å². The summed E-state index contributed by atoms with van der Waals surface area (Å²) in [7, 11) is -0.757. The summed E-state index contributed by atoms with van der Waals surface area (Å²) in [5.41, 5.74) is 1.39. The third kappa shape index (κ3) is 4.04.